The molecule has 0 aliphatic heterocycles. The number of nitrogens with zero attached hydrogens (tertiary/aromatic N) is 4. The molecule has 0 fully saturated rings. The maximum atomic E-state index is 13.3. The quantitative estimate of drug-likeness (QED) is 0.310. The van der Waals surface area contributed by atoms with Crippen LogP contribution in [0.5, 0.6) is 5.75 Å². The molecule has 0 spiro atoms. The van der Waals surface area contributed by atoms with Gasteiger partial charge in [-0.05, 0) is 49.7 Å². The van der Waals surface area contributed by atoms with E-state index in [9.17, 15) is 9.59 Å². The highest BCUT2D eigenvalue weighted by atomic mass is 32.2. The van der Waals surface area contributed by atoms with Gasteiger partial charge in [-0.25, -0.2) is 4.98 Å². The van der Waals surface area contributed by atoms with Gasteiger partial charge in [0.05, 0.1) is 29.0 Å². The molecule has 2 aromatic heterocycles. The smallest absolute Gasteiger partial charge is 0.266 e. The molecule has 2 heterocycles. The number of hydrogen-bond donors (Lipinski definition) is 1. The number of hydrogen-bond acceptors (Lipinski definition) is 8. The van der Waals surface area contributed by atoms with Crippen molar-refractivity contribution in [3.63, 3.8) is 0 Å². The average molecular weight is 468 g/mol. The molecular formula is C22H21N5O3S2. The van der Waals surface area contributed by atoms with Crippen LogP contribution in [0.2, 0.25) is 0 Å². The van der Waals surface area contributed by atoms with Crippen LogP contribution < -0.4 is 15.6 Å². The van der Waals surface area contributed by atoms with Crippen LogP contribution >= 0.6 is 23.1 Å². The van der Waals surface area contributed by atoms with Gasteiger partial charge < -0.3 is 4.74 Å². The van der Waals surface area contributed by atoms with Crippen LogP contribution in [-0.4, -0.2) is 38.0 Å². The van der Waals surface area contributed by atoms with Gasteiger partial charge in [-0.1, -0.05) is 42.2 Å². The molecule has 8 nitrogen and oxygen atoms in total. The number of benzene rings is 2. The number of thioether (sulfide) groups is 1. The zero-order chi connectivity index (χ0) is 22.5. The second-order valence-electron chi connectivity index (χ2n) is 6.67. The van der Waals surface area contributed by atoms with Gasteiger partial charge in [0.15, 0.2) is 5.16 Å². The van der Waals surface area contributed by atoms with Gasteiger partial charge in [-0.15, -0.1) is 10.2 Å². The van der Waals surface area contributed by atoms with E-state index in [1.54, 1.807) is 30.3 Å². The van der Waals surface area contributed by atoms with Crippen molar-refractivity contribution in [2.24, 2.45) is 0 Å². The lowest BCUT2D eigenvalue weighted by molar-refractivity contribution is -0.113. The molecule has 1 amide bonds. The number of carbonyl (C=O) groups excluding carboxylic acids is 1. The lowest BCUT2D eigenvalue weighted by atomic mass is 10.2. The molecule has 0 saturated carbocycles. The normalized spacial score (nSPS) is 10.9. The van der Waals surface area contributed by atoms with E-state index >= 15 is 0 Å². The molecule has 0 saturated heterocycles. The first-order valence-electron chi connectivity index (χ1n) is 10.1. The van der Waals surface area contributed by atoms with Crippen molar-refractivity contribution in [2.45, 2.75) is 25.4 Å². The summed E-state index contributed by atoms with van der Waals surface area (Å²) in [7, 11) is 0. The van der Waals surface area contributed by atoms with Crippen molar-refractivity contribution in [3.8, 4) is 11.4 Å². The van der Waals surface area contributed by atoms with Gasteiger partial charge in [0.25, 0.3) is 5.56 Å². The van der Waals surface area contributed by atoms with Crippen LogP contribution in [0, 0.1) is 0 Å². The highest BCUT2D eigenvalue weighted by Gasteiger charge is 2.16. The maximum Gasteiger partial charge on any atom is 0.266 e. The van der Waals surface area contributed by atoms with E-state index in [0.29, 0.717) is 33.5 Å². The van der Waals surface area contributed by atoms with Crippen molar-refractivity contribution in [3.05, 3.63) is 63.9 Å². The minimum Gasteiger partial charge on any atom is -0.494 e. The summed E-state index contributed by atoms with van der Waals surface area (Å²) in [6, 6.07) is 14.4. The fourth-order valence-electron chi connectivity index (χ4n) is 3.03. The summed E-state index contributed by atoms with van der Waals surface area (Å²) >= 11 is 2.54. The van der Waals surface area contributed by atoms with Crippen molar-refractivity contribution in [2.75, 3.05) is 17.7 Å². The molecule has 2 aromatic carbocycles. The molecular weight excluding hydrogens is 446 g/mol. The molecule has 0 bridgehead atoms. The van der Waals surface area contributed by atoms with E-state index in [2.05, 4.69) is 20.5 Å². The Labute approximate surface area is 192 Å². The van der Waals surface area contributed by atoms with Crippen molar-refractivity contribution >= 4 is 45.0 Å². The van der Waals surface area contributed by atoms with E-state index in [0.717, 1.165) is 17.2 Å². The third kappa shape index (κ3) is 4.81. The molecule has 0 atom stereocenters. The molecule has 4 rings (SSSR count). The number of amides is 1. The first kappa shape index (κ1) is 22.0. The Hall–Kier alpha value is -3.24. The van der Waals surface area contributed by atoms with Crippen LogP contribution in [0.3, 0.4) is 0 Å². The average Bonchev–Trinajstić information content (AvgIpc) is 3.26. The Morgan fingerprint density at radius 1 is 1.12 bits per heavy atom. The minimum absolute atomic E-state index is 0.0723. The van der Waals surface area contributed by atoms with Crippen LogP contribution in [0.4, 0.5) is 5.13 Å². The molecule has 0 aliphatic carbocycles. The van der Waals surface area contributed by atoms with Gasteiger partial charge in [0.2, 0.25) is 11.0 Å². The van der Waals surface area contributed by atoms with Crippen molar-refractivity contribution < 1.29 is 9.53 Å². The molecule has 0 unspecified atom stereocenters. The summed E-state index contributed by atoms with van der Waals surface area (Å²) in [6.45, 7) is 4.45. The Balaban J connectivity index is 1.64. The first-order chi connectivity index (χ1) is 15.6. The molecule has 4 aromatic rings. The van der Waals surface area contributed by atoms with E-state index in [-0.39, 0.29) is 17.2 Å². The number of fused-ring (bicyclic) bond motifs is 1. The summed E-state index contributed by atoms with van der Waals surface area (Å²) in [5.74, 6) is 0.549. The Morgan fingerprint density at radius 3 is 2.62 bits per heavy atom. The summed E-state index contributed by atoms with van der Waals surface area (Å²) in [5.41, 5.74) is 1.04. The fourth-order valence-corrected chi connectivity index (χ4v) is 4.54. The first-order valence-corrected chi connectivity index (χ1v) is 11.9. The second-order valence-corrected chi connectivity index (χ2v) is 8.67. The molecule has 0 radical (unpaired) electrons. The van der Waals surface area contributed by atoms with E-state index in [1.807, 2.05) is 32.0 Å². The zero-order valence-electron chi connectivity index (χ0n) is 17.6. The standard InChI is InChI=1S/C22H21N5O3S2/c1-3-19-25-26-21(32-19)24-18(28)13-31-22-23-17-8-6-5-7-16(17)20(29)27(22)14-9-11-15(12-10-14)30-4-2/h5-12H,3-4,13H2,1-2H3,(H,24,26,28). The summed E-state index contributed by atoms with van der Waals surface area (Å²) in [4.78, 5) is 30.4. The Kier molecular flexibility index (Phi) is 6.81. The summed E-state index contributed by atoms with van der Waals surface area (Å²) < 4.78 is 7.03. The van der Waals surface area contributed by atoms with Crippen LogP contribution in [-0.2, 0) is 11.2 Å². The molecule has 1 N–H and O–H groups in total. The maximum absolute atomic E-state index is 13.3. The van der Waals surface area contributed by atoms with Gasteiger partial charge in [0.1, 0.15) is 10.8 Å². The van der Waals surface area contributed by atoms with Gasteiger partial charge in [-0.2, -0.15) is 0 Å². The van der Waals surface area contributed by atoms with Crippen molar-refractivity contribution in [1.29, 1.82) is 0 Å². The second kappa shape index (κ2) is 9.92. The summed E-state index contributed by atoms with van der Waals surface area (Å²) in [6.07, 6.45) is 0.762. The number of nitrogens with one attached hydrogen (secondary N) is 1. The predicted molar refractivity (Wildman–Crippen MR) is 127 cm³/mol. The number of aryl methyl sites for hydroxylation is 1. The zero-order valence-corrected chi connectivity index (χ0v) is 19.2. The molecule has 10 heteroatoms. The minimum atomic E-state index is -0.241. The third-order valence-electron chi connectivity index (χ3n) is 4.50. The van der Waals surface area contributed by atoms with E-state index in [1.165, 1.54) is 27.7 Å². The molecule has 0 aliphatic rings. The van der Waals surface area contributed by atoms with E-state index < -0.39 is 0 Å². The molecule has 164 valence electrons. The van der Waals surface area contributed by atoms with Crippen LogP contribution in [0.1, 0.15) is 18.9 Å². The fraction of sp³-hybridized carbons (Fsp3) is 0.227. The highest BCUT2D eigenvalue weighted by Crippen LogP contribution is 2.23. The number of anilines is 1. The largest absolute Gasteiger partial charge is 0.494 e. The molecule has 32 heavy (non-hydrogen) atoms. The Bertz CT molecular complexity index is 1300. The van der Waals surface area contributed by atoms with E-state index in [4.69, 9.17) is 4.74 Å². The van der Waals surface area contributed by atoms with Gasteiger partial charge in [-0.3, -0.25) is 19.5 Å². The number of carbonyl (C=O) groups is 1. The number of para-hydroxylation sites is 1. The SMILES string of the molecule is CCOc1ccc(-n2c(SCC(=O)Nc3nnc(CC)s3)nc3ccccc3c2=O)cc1. The number of rotatable bonds is 8. The number of ether oxygens (including phenoxy) is 1. The monoisotopic (exact) mass is 467 g/mol. The topological polar surface area (TPSA) is 99.0 Å². The van der Waals surface area contributed by atoms with Crippen LogP contribution in [0.15, 0.2) is 58.5 Å². The van der Waals surface area contributed by atoms with Gasteiger partial charge >= 0.3 is 0 Å². The summed E-state index contributed by atoms with van der Waals surface area (Å²) in [5, 5.41) is 13.0. The van der Waals surface area contributed by atoms with Gasteiger partial charge in [0, 0.05) is 0 Å². The predicted octanol–water partition coefficient (Wildman–Crippen LogP) is 3.93. The third-order valence-corrected chi connectivity index (χ3v) is 6.42. The Morgan fingerprint density at radius 2 is 1.91 bits per heavy atom. The lowest BCUT2D eigenvalue weighted by Crippen LogP contribution is -2.23. The van der Waals surface area contributed by atoms with Crippen molar-refractivity contribution in [1.82, 2.24) is 19.7 Å². The highest BCUT2D eigenvalue weighted by molar-refractivity contribution is 7.99. The van der Waals surface area contributed by atoms with Crippen LogP contribution in [0.25, 0.3) is 16.6 Å². The number of aromatic nitrogens is 4. The lowest BCUT2D eigenvalue weighted by Gasteiger charge is -2.13.